The van der Waals surface area contributed by atoms with Crippen LogP contribution in [0.15, 0.2) is 0 Å². The minimum absolute atomic E-state index is 0.0107. The second-order valence-electron chi connectivity index (χ2n) is 5.46. The molecule has 0 atom stereocenters. The molecule has 0 aromatic rings. The first kappa shape index (κ1) is 18.3. The van der Waals surface area contributed by atoms with Crippen molar-refractivity contribution in [2.45, 2.75) is 85.0 Å². The van der Waals surface area contributed by atoms with E-state index in [0.717, 1.165) is 22.9 Å². The molecule has 0 fully saturated rings. The van der Waals surface area contributed by atoms with Crippen LogP contribution in [0.5, 0.6) is 0 Å². The van der Waals surface area contributed by atoms with Crippen LogP contribution in [0, 0.1) is 5.41 Å². The Balaban J connectivity index is 4.66. The Morgan fingerprint density at radius 2 is 1.33 bits per heavy atom. The summed E-state index contributed by atoms with van der Waals surface area (Å²) in [6.07, 6.45) is 11.6. The van der Waals surface area contributed by atoms with E-state index >= 15 is 0 Å². The van der Waals surface area contributed by atoms with E-state index < -0.39 is 0 Å². The summed E-state index contributed by atoms with van der Waals surface area (Å²) in [6.45, 7) is 6.69. The third-order valence-corrected chi connectivity index (χ3v) is 4.46. The van der Waals surface area contributed by atoms with Gasteiger partial charge in [-0.15, -0.1) is 0 Å². The molecule has 0 aromatic carbocycles. The maximum atomic E-state index is 11.7. The van der Waals surface area contributed by atoms with Crippen LogP contribution in [-0.2, 0) is 7.87 Å². The maximum absolute atomic E-state index is 11.7. The summed E-state index contributed by atoms with van der Waals surface area (Å²) in [5.41, 5.74) is 0.218. The standard InChI is InChI=1S/C15H30O2.Sn/c1-4-7-10-15(11-8-5-2,12-9-6-3)13-14(16)17;/h4-13H2,1-3H3,(H,16,17);/q;+1/p-1. The fourth-order valence-electron chi connectivity index (χ4n) is 2.64. The Kier molecular flexibility index (Phi) is 11.3. The van der Waals surface area contributed by atoms with Crippen molar-refractivity contribution in [3.8, 4) is 0 Å². The molecule has 0 spiro atoms. The van der Waals surface area contributed by atoms with Crippen LogP contribution in [0.1, 0.15) is 85.0 Å². The molecule has 0 rings (SSSR count). The number of hydrogen-bond acceptors (Lipinski definition) is 2. The van der Waals surface area contributed by atoms with E-state index in [4.69, 9.17) is 3.07 Å². The monoisotopic (exact) mass is 361 g/mol. The third-order valence-electron chi connectivity index (χ3n) is 3.82. The second-order valence-corrected chi connectivity index (χ2v) is 6.04. The van der Waals surface area contributed by atoms with Gasteiger partial charge in [0.25, 0.3) is 0 Å². The van der Waals surface area contributed by atoms with Gasteiger partial charge in [0.1, 0.15) is 0 Å². The Morgan fingerprint density at radius 3 is 1.61 bits per heavy atom. The number of hydrogen-bond donors (Lipinski definition) is 0. The zero-order chi connectivity index (χ0) is 13.9. The van der Waals surface area contributed by atoms with Crippen LogP contribution < -0.4 is 0 Å². The molecule has 0 amide bonds. The van der Waals surface area contributed by atoms with E-state index in [1.165, 1.54) is 57.8 Å². The average molecular weight is 360 g/mol. The SMILES string of the molecule is CCCCC(CCCC)(CCCC)CC(=O)[O][Sn]. The van der Waals surface area contributed by atoms with E-state index in [1.54, 1.807) is 0 Å². The number of carbonyl (C=O) groups excluding carboxylic acids is 1. The van der Waals surface area contributed by atoms with E-state index in [9.17, 15) is 4.79 Å². The predicted molar refractivity (Wildman–Crippen MR) is 77.5 cm³/mol. The normalized spacial score (nSPS) is 11.6. The molecular weight excluding hydrogens is 331 g/mol. The summed E-state index contributed by atoms with van der Waals surface area (Å²) < 4.78 is 5.00. The van der Waals surface area contributed by atoms with Gasteiger partial charge in [0.15, 0.2) is 0 Å². The van der Waals surface area contributed by atoms with E-state index in [-0.39, 0.29) is 11.4 Å². The second kappa shape index (κ2) is 11.1. The van der Waals surface area contributed by atoms with Crippen LogP contribution >= 0.6 is 0 Å². The van der Waals surface area contributed by atoms with Gasteiger partial charge in [0.05, 0.1) is 0 Å². The van der Waals surface area contributed by atoms with E-state index in [0.29, 0.717) is 6.42 Å². The van der Waals surface area contributed by atoms with Gasteiger partial charge in [-0.25, -0.2) is 0 Å². The molecule has 2 nitrogen and oxygen atoms in total. The Bertz CT molecular complexity index is 195. The molecule has 0 saturated carbocycles. The molecular formula is C15H29O2Sn. The first-order valence-electron chi connectivity index (χ1n) is 7.50. The predicted octanol–water partition coefficient (Wildman–Crippen LogP) is 4.56. The van der Waals surface area contributed by atoms with Crippen LogP contribution in [0.4, 0.5) is 0 Å². The number of unbranched alkanes of at least 4 members (excludes halogenated alkanes) is 3. The summed E-state index contributed by atoms with van der Waals surface area (Å²) >= 11 is 0.875. The summed E-state index contributed by atoms with van der Waals surface area (Å²) in [6, 6.07) is 0. The van der Waals surface area contributed by atoms with Gasteiger partial charge < -0.3 is 0 Å². The molecule has 0 heterocycles. The fraction of sp³-hybridized carbons (Fsp3) is 0.933. The fourth-order valence-corrected chi connectivity index (χ4v) is 2.84. The zero-order valence-corrected chi connectivity index (χ0v) is 15.2. The van der Waals surface area contributed by atoms with Crippen LogP contribution in [-0.4, -0.2) is 28.9 Å². The van der Waals surface area contributed by atoms with Gasteiger partial charge in [0.2, 0.25) is 0 Å². The van der Waals surface area contributed by atoms with Crippen molar-refractivity contribution < 1.29 is 7.87 Å². The van der Waals surface area contributed by atoms with Gasteiger partial charge in [-0.05, 0) is 0 Å². The minimum atomic E-state index is 0.0107. The van der Waals surface area contributed by atoms with Crippen molar-refractivity contribution in [2.75, 3.05) is 0 Å². The molecule has 0 unspecified atom stereocenters. The zero-order valence-electron chi connectivity index (χ0n) is 12.4. The van der Waals surface area contributed by atoms with E-state index in [1.807, 2.05) is 0 Å². The van der Waals surface area contributed by atoms with Gasteiger partial charge in [-0.1, -0.05) is 0 Å². The molecule has 0 aliphatic carbocycles. The summed E-state index contributed by atoms with van der Waals surface area (Å²) in [5, 5.41) is 0. The summed E-state index contributed by atoms with van der Waals surface area (Å²) in [4.78, 5) is 11.7. The van der Waals surface area contributed by atoms with Crippen molar-refractivity contribution in [1.29, 1.82) is 0 Å². The summed E-state index contributed by atoms with van der Waals surface area (Å²) in [5.74, 6) is 0.0107. The average Bonchev–Trinajstić information content (AvgIpc) is 2.40. The van der Waals surface area contributed by atoms with Crippen molar-refractivity contribution in [1.82, 2.24) is 0 Å². The first-order chi connectivity index (χ1) is 8.64. The molecule has 105 valence electrons. The van der Waals surface area contributed by atoms with Crippen molar-refractivity contribution in [3.63, 3.8) is 0 Å². The van der Waals surface area contributed by atoms with Gasteiger partial charge in [-0.2, -0.15) is 0 Å². The van der Waals surface area contributed by atoms with Crippen LogP contribution in [0.2, 0.25) is 0 Å². The first-order valence-corrected chi connectivity index (χ1v) is 8.67. The molecule has 0 saturated heterocycles. The topological polar surface area (TPSA) is 26.3 Å². The molecule has 0 bridgehead atoms. The van der Waals surface area contributed by atoms with Crippen molar-refractivity contribution in [2.24, 2.45) is 5.41 Å². The molecule has 18 heavy (non-hydrogen) atoms. The van der Waals surface area contributed by atoms with Crippen LogP contribution in [0.3, 0.4) is 0 Å². The van der Waals surface area contributed by atoms with Crippen molar-refractivity contribution in [3.05, 3.63) is 0 Å². The van der Waals surface area contributed by atoms with E-state index in [2.05, 4.69) is 20.8 Å². The molecule has 0 aliphatic heterocycles. The third kappa shape index (κ3) is 7.65. The molecule has 0 N–H and O–H groups in total. The Hall–Kier alpha value is 0.269. The quantitative estimate of drug-likeness (QED) is 0.505. The van der Waals surface area contributed by atoms with Crippen molar-refractivity contribution >= 4 is 28.9 Å². The van der Waals surface area contributed by atoms with Crippen LogP contribution in [0.25, 0.3) is 0 Å². The van der Waals surface area contributed by atoms with Gasteiger partial charge in [0, 0.05) is 0 Å². The molecule has 0 aliphatic rings. The molecule has 3 heteroatoms. The summed E-state index contributed by atoms with van der Waals surface area (Å²) in [7, 11) is 0. The van der Waals surface area contributed by atoms with Gasteiger partial charge in [-0.3, -0.25) is 0 Å². The molecule has 0 aromatic heterocycles. The molecule has 3 radical (unpaired) electrons. The van der Waals surface area contributed by atoms with Gasteiger partial charge >= 0.3 is 127 Å². The number of rotatable bonds is 11. The number of carbonyl (C=O) groups is 1. The Labute approximate surface area is 127 Å². The Morgan fingerprint density at radius 1 is 0.944 bits per heavy atom.